The van der Waals surface area contributed by atoms with Gasteiger partial charge in [-0.2, -0.15) is 0 Å². The highest BCUT2D eigenvalue weighted by Crippen LogP contribution is 2.36. The zero-order valence-electron chi connectivity index (χ0n) is 10.6. The van der Waals surface area contributed by atoms with E-state index >= 15 is 0 Å². The van der Waals surface area contributed by atoms with E-state index in [9.17, 15) is 18.8 Å². The number of hydrogen-bond acceptors (Lipinski definition) is 3. The van der Waals surface area contributed by atoms with E-state index in [1.165, 1.54) is 6.92 Å². The van der Waals surface area contributed by atoms with E-state index in [0.29, 0.717) is 4.90 Å². The number of halogens is 3. The fourth-order valence-electron chi connectivity index (χ4n) is 2.06. The van der Waals surface area contributed by atoms with Crippen LogP contribution in [0, 0.1) is 5.82 Å². The van der Waals surface area contributed by atoms with Crippen molar-refractivity contribution >= 4 is 41.1 Å². The lowest BCUT2D eigenvalue weighted by Crippen LogP contribution is -2.41. The third kappa shape index (κ3) is 2.54. The van der Waals surface area contributed by atoms with Gasteiger partial charge in [-0.3, -0.25) is 14.5 Å². The normalized spacial score (nSPS) is 21.6. The van der Waals surface area contributed by atoms with Crippen LogP contribution >= 0.6 is 23.2 Å². The van der Waals surface area contributed by atoms with E-state index in [0.717, 1.165) is 12.1 Å². The molecule has 21 heavy (non-hydrogen) atoms. The van der Waals surface area contributed by atoms with Crippen molar-refractivity contribution in [2.24, 2.45) is 0 Å². The Morgan fingerprint density at radius 1 is 1.38 bits per heavy atom. The number of imide groups is 1. The molecule has 3 amide bonds. The van der Waals surface area contributed by atoms with Crippen LogP contribution in [0.2, 0.25) is 10.0 Å². The van der Waals surface area contributed by atoms with Crippen molar-refractivity contribution in [1.82, 2.24) is 10.2 Å². The molecule has 1 aromatic rings. The quantitative estimate of drug-likeness (QED) is 0.653. The lowest BCUT2D eigenvalue weighted by molar-refractivity contribution is -0.142. The second kappa shape index (κ2) is 5.16. The number of amides is 3. The zero-order valence-corrected chi connectivity index (χ0v) is 12.1. The summed E-state index contributed by atoms with van der Waals surface area (Å²) in [7, 11) is 0. The summed E-state index contributed by atoms with van der Waals surface area (Å²) in [6.07, 6.45) is 0. The Hall–Kier alpha value is -1.86. The molecule has 1 unspecified atom stereocenters. The number of benzene rings is 1. The Kier molecular flexibility index (Phi) is 3.81. The van der Waals surface area contributed by atoms with Crippen molar-refractivity contribution in [3.05, 3.63) is 33.6 Å². The van der Waals surface area contributed by atoms with Gasteiger partial charge in [0, 0.05) is 10.6 Å². The average Bonchev–Trinajstić information content (AvgIpc) is 2.58. The molecule has 0 saturated carbocycles. The van der Waals surface area contributed by atoms with Gasteiger partial charge in [0.15, 0.2) is 0 Å². The summed E-state index contributed by atoms with van der Waals surface area (Å²) >= 11 is 11.5. The molecular formula is C12H9Cl2FN2O4. The summed E-state index contributed by atoms with van der Waals surface area (Å²) in [5, 5.41) is 10.8. The second-order valence-corrected chi connectivity index (χ2v) is 5.40. The van der Waals surface area contributed by atoms with E-state index in [1.807, 2.05) is 0 Å². The summed E-state index contributed by atoms with van der Waals surface area (Å²) < 4.78 is 13.6. The molecule has 2 N–H and O–H groups in total. The maximum absolute atomic E-state index is 13.6. The fourth-order valence-corrected chi connectivity index (χ4v) is 2.64. The Bertz CT molecular complexity index is 667. The fraction of sp³-hybridized carbons (Fsp3) is 0.250. The average molecular weight is 335 g/mol. The minimum absolute atomic E-state index is 0.00249. The van der Waals surface area contributed by atoms with Crippen LogP contribution in [0.5, 0.6) is 0 Å². The largest absolute Gasteiger partial charge is 0.480 e. The molecule has 2 rings (SSSR count). The number of carboxylic acid groups (broad SMARTS) is 1. The van der Waals surface area contributed by atoms with E-state index in [2.05, 4.69) is 5.32 Å². The maximum atomic E-state index is 13.6. The molecule has 1 atom stereocenters. The van der Waals surface area contributed by atoms with E-state index in [-0.39, 0.29) is 15.6 Å². The highest BCUT2D eigenvalue weighted by Gasteiger charge is 2.50. The predicted octanol–water partition coefficient (Wildman–Crippen LogP) is 1.98. The minimum atomic E-state index is -1.66. The summed E-state index contributed by atoms with van der Waals surface area (Å²) in [6.45, 7) is 0.511. The van der Waals surface area contributed by atoms with Crippen LogP contribution in [0.3, 0.4) is 0 Å². The smallest absolute Gasteiger partial charge is 0.325 e. The van der Waals surface area contributed by atoms with Crippen LogP contribution < -0.4 is 5.32 Å². The van der Waals surface area contributed by atoms with Gasteiger partial charge in [-0.05, 0) is 19.1 Å². The Morgan fingerprint density at radius 3 is 2.57 bits per heavy atom. The van der Waals surface area contributed by atoms with Crippen LogP contribution in [0.15, 0.2) is 12.1 Å². The van der Waals surface area contributed by atoms with Crippen molar-refractivity contribution in [3.63, 3.8) is 0 Å². The van der Waals surface area contributed by atoms with Crippen LogP contribution in [0.4, 0.5) is 9.18 Å². The van der Waals surface area contributed by atoms with E-state index in [4.69, 9.17) is 28.3 Å². The second-order valence-electron chi connectivity index (χ2n) is 4.59. The molecule has 1 aliphatic heterocycles. The minimum Gasteiger partial charge on any atom is -0.480 e. The van der Waals surface area contributed by atoms with E-state index in [1.54, 1.807) is 0 Å². The Morgan fingerprint density at radius 2 is 2.00 bits per heavy atom. The van der Waals surface area contributed by atoms with E-state index < -0.39 is 35.8 Å². The number of nitrogens with one attached hydrogen (secondary N) is 1. The molecular weight excluding hydrogens is 326 g/mol. The molecule has 1 aromatic carbocycles. The lowest BCUT2D eigenvalue weighted by Gasteiger charge is -2.23. The molecule has 0 aromatic heterocycles. The number of aliphatic carboxylic acids is 1. The molecule has 0 aliphatic carbocycles. The lowest BCUT2D eigenvalue weighted by atomic mass is 9.92. The highest BCUT2D eigenvalue weighted by atomic mass is 35.5. The molecule has 0 radical (unpaired) electrons. The first-order valence-corrected chi connectivity index (χ1v) is 6.43. The van der Waals surface area contributed by atoms with Gasteiger partial charge in [-0.25, -0.2) is 9.18 Å². The monoisotopic (exact) mass is 334 g/mol. The number of carbonyl (C=O) groups is 3. The van der Waals surface area contributed by atoms with Crippen LogP contribution in [0.1, 0.15) is 12.5 Å². The molecule has 1 aliphatic rings. The highest BCUT2D eigenvalue weighted by molar-refractivity contribution is 6.35. The van der Waals surface area contributed by atoms with Gasteiger partial charge in [-0.15, -0.1) is 0 Å². The first kappa shape index (κ1) is 15.5. The van der Waals surface area contributed by atoms with Crippen LogP contribution in [-0.4, -0.2) is 34.5 Å². The number of nitrogens with zero attached hydrogens (tertiary/aromatic N) is 1. The van der Waals surface area contributed by atoms with Crippen molar-refractivity contribution in [2.75, 3.05) is 6.54 Å². The first-order valence-electron chi connectivity index (χ1n) is 5.67. The molecule has 9 heteroatoms. The summed E-state index contributed by atoms with van der Waals surface area (Å²) in [6, 6.07) is 1.15. The third-order valence-electron chi connectivity index (χ3n) is 3.12. The number of hydrogen-bond donors (Lipinski definition) is 2. The molecule has 1 saturated heterocycles. The molecule has 112 valence electrons. The SMILES string of the molecule is CC1(c2cc(F)c(Cl)cc2Cl)NC(=O)N(CC(=O)O)C1=O. The van der Waals surface area contributed by atoms with Crippen LogP contribution in [0.25, 0.3) is 0 Å². The van der Waals surface area contributed by atoms with Gasteiger partial charge < -0.3 is 10.4 Å². The third-order valence-corrected chi connectivity index (χ3v) is 3.72. The van der Waals surface area contributed by atoms with Gasteiger partial charge in [0.1, 0.15) is 17.9 Å². The molecule has 0 spiro atoms. The number of carboxylic acids is 1. The van der Waals surface area contributed by atoms with Gasteiger partial charge in [0.05, 0.1) is 5.02 Å². The first-order chi connectivity index (χ1) is 9.66. The number of rotatable bonds is 3. The maximum Gasteiger partial charge on any atom is 0.325 e. The molecule has 0 bridgehead atoms. The Labute approximate surface area is 128 Å². The predicted molar refractivity (Wildman–Crippen MR) is 71.7 cm³/mol. The number of urea groups is 1. The van der Waals surface area contributed by atoms with Crippen molar-refractivity contribution in [3.8, 4) is 0 Å². The van der Waals surface area contributed by atoms with Crippen LogP contribution in [-0.2, 0) is 15.1 Å². The topological polar surface area (TPSA) is 86.7 Å². The van der Waals surface area contributed by atoms with Gasteiger partial charge >= 0.3 is 12.0 Å². The van der Waals surface area contributed by atoms with Gasteiger partial charge in [0.25, 0.3) is 5.91 Å². The summed E-state index contributed by atoms with van der Waals surface area (Å²) in [5.41, 5.74) is -1.66. The standard InChI is InChI=1S/C12H9Cl2FN2O4/c1-12(5-2-8(15)7(14)3-6(5)13)10(20)17(4-9(18)19)11(21)16-12/h2-3H,4H2,1H3,(H,16,21)(H,18,19). The van der Waals surface area contributed by atoms with Gasteiger partial charge in [0.2, 0.25) is 0 Å². The Balaban J connectivity index is 2.49. The number of carbonyl (C=O) groups excluding carboxylic acids is 2. The van der Waals surface area contributed by atoms with Crippen molar-refractivity contribution in [1.29, 1.82) is 0 Å². The van der Waals surface area contributed by atoms with Crippen molar-refractivity contribution in [2.45, 2.75) is 12.5 Å². The summed E-state index contributed by atoms with van der Waals surface area (Å²) in [4.78, 5) is 35.2. The van der Waals surface area contributed by atoms with Crippen molar-refractivity contribution < 1.29 is 23.9 Å². The molecule has 1 heterocycles. The zero-order chi connectivity index (χ0) is 15.9. The molecule has 1 fully saturated rings. The molecule has 6 nitrogen and oxygen atoms in total. The van der Waals surface area contributed by atoms with Gasteiger partial charge in [-0.1, -0.05) is 23.2 Å². The summed E-state index contributed by atoms with van der Waals surface area (Å²) in [5.74, 6) is -2.99.